The standard InChI is InChI=1S/C10H16N4O2S/c1-6(2)5-17-9-8(14(15)16)7(3)12-10(11-4)13-9/h6H,5H2,1-4H3,(H,11,12,13). The van der Waals surface area contributed by atoms with E-state index in [0.29, 0.717) is 22.6 Å². The third kappa shape index (κ3) is 3.55. The molecule has 0 spiro atoms. The maximum Gasteiger partial charge on any atom is 0.322 e. The molecule has 7 heteroatoms. The summed E-state index contributed by atoms with van der Waals surface area (Å²) in [4.78, 5) is 18.7. The monoisotopic (exact) mass is 256 g/mol. The molecule has 0 bridgehead atoms. The molecule has 0 amide bonds. The molecule has 1 aromatic heterocycles. The average molecular weight is 256 g/mol. The Bertz CT molecular complexity index is 423. The zero-order valence-electron chi connectivity index (χ0n) is 10.4. The van der Waals surface area contributed by atoms with Crippen molar-refractivity contribution in [3.63, 3.8) is 0 Å². The molecule has 1 rings (SSSR count). The van der Waals surface area contributed by atoms with Crippen molar-refractivity contribution in [2.75, 3.05) is 18.1 Å². The van der Waals surface area contributed by atoms with E-state index < -0.39 is 4.92 Å². The summed E-state index contributed by atoms with van der Waals surface area (Å²) in [5.74, 6) is 1.66. The Labute approximate surface area is 104 Å². The Morgan fingerprint density at radius 1 is 1.47 bits per heavy atom. The first-order valence-electron chi connectivity index (χ1n) is 5.29. The number of anilines is 1. The van der Waals surface area contributed by atoms with Crippen LogP contribution in [0.1, 0.15) is 19.5 Å². The summed E-state index contributed by atoms with van der Waals surface area (Å²) in [6.45, 7) is 5.75. The molecule has 0 saturated carbocycles. The number of hydrogen-bond donors (Lipinski definition) is 1. The van der Waals surface area contributed by atoms with Crippen LogP contribution in [0.2, 0.25) is 0 Å². The molecule has 0 aromatic carbocycles. The number of aromatic nitrogens is 2. The van der Waals surface area contributed by atoms with Gasteiger partial charge in [0.05, 0.1) is 4.92 Å². The smallest absolute Gasteiger partial charge is 0.322 e. The van der Waals surface area contributed by atoms with E-state index in [2.05, 4.69) is 29.1 Å². The second-order valence-corrected chi connectivity index (χ2v) is 5.01. The number of rotatable bonds is 5. The fourth-order valence-electron chi connectivity index (χ4n) is 1.21. The van der Waals surface area contributed by atoms with Gasteiger partial charge in [-0.1, -0.05) is 25.6 Å². The van der Waals surface area contributed by atoms with Crippen LogP contribution in [0.25, 0.3) is 0 Å². The van der Waals surface area contributed by atoms with Gasteiger partial charge in [-0.2, -0.15) is 4.98 Å². The van der Waals surface area contributed by atoms with Crippen LogP contribution in [-0.2, 0) is 0 Å². The van der Waals surface area contributed by atoms with Gasteiger partial charge >= 0.3 is 5.69 Å². The molecule has 94 valence electrons. The number of aryl methyl sites for hydroxylation is 1. The molecular formula is C10H16N4O2S. The van der Waals surface area contributed by atoms with Crippen molar-refractivity contribution < 1.29 is 4.92 Å². The van der Waals surface area contributed by atoms with Crippen LogP contribution in [0.3, 0.4) is 0 Å². The number of hydrogen-bond acceptors (Lipinski definition) is 6. The summed E-state index contributed by atoms with van der Waals surface area (Å²) >= 11 is 1.39. The zero-order chi connectivity index (χ0) is 13.0. The van der Waals surface area contributed by atoms with Gasteiger partial charge in [-0.05, 0) is 12.8 Å². The van der Waals surface area contributed by atoms with Crippen molar-refractivity contribution in [3.8, 4) is 0 Å². The Hall–Kier alpha value is -1.37. The van der Waals surface area contributed by atoms with Crippen molar-refractivity contribution in [2.24, 2.45) is 5.92 Å². The predicted octanol–water partition coefficient (Wildman–Crippen LogP) is 2.48. The quantitative estimate of drug-likeness (QED) is 0.377. The maximum absolute atomic E-state index is 11.0. The van der Waals surface area contributed by atoms with Crippen LogP contribution in [0, 0.1) is 23.0 Å². The van der Waals surface area contributed by atoms with E-state index in [9.17, 15) is 10.1 Å². The SMILES string of the molecule is CNc1nc(C)c([N+](=O)[O-])c(SCC(C)C)n1. The highest BCUT2D eigenvalue weighted by Crippen LogP contribution is 2.31. The summed E-state index contributed by atoms with van der Waals surface area (Å²) in [6, 6.07) is 0. The lowest BCUT2D eigenvalue weighted by atomic mass is 10.3. The maximum atomic E-state index is 11.0. The summed E-state index contributed by atoms with van der Waals surface area (Å²) in [6.07, 6.45) is 0. The van der Waals surface area contributed by atoms with Gasteiger partial charge in [0.15, 0.2) is 5.03 Å². The molecule has 0 atom stereocenters. The molecule has 17 heavy (non-hydrogen) atoms. The van der Waals surface area contributed by atoms with Crippen molar-refractivity contribution >= 4 is 23.4 Å². The summed E-state index contributed by atoms with van der Waals surface area (Å²) < 4.78 is 0. The van der Waals surface area contributed by atoms with E-state index in [-0.39, 0.29) is 5.69 Å². The zero-order valence-corrected chi connectivity index (χ0v) is 11.2. The number of thioether (sulfide) groups is 1. The third-order valence-electron chi connectivity index (χ3n) is 1.99. The molecule has 1 heterocycles. The van der Waals surface area contributed by atoms with Gasteiger partial charge in [0.1, 0.15) is 5.69 Å². The number of nitrogens with one attached hydrogen (secondary N) is 1. The van der Waals surface area contributed by atoms with Crippen molar-refractivity contribution in [1.29, 1.82) is 0 Å². The Morgan fingerprint density at radius 3 is 2.59 bits per heavy atom. The van der Waals surface area contributed by atoms with Crippen LogP contribution in [-0.4, -0.2) is 27.7 Å². The van der Waals surface area contributed by atoms with Crippen LogP contribution < -0.4 is 5.32 Å². The van der Waals surface area contributed by atoms with Gasteiger partial charge in [-0.25, -0.2) is 4.98 Å². The molecule has 0 radical (unpaired) electrons. The third-order valence-corrected chi connectivity index (χ3v) is 3.38. The van der Waals surface area contributed by atoms with Crippen molar-refractivity contribution in [1.82, 2.24) is 9.97 Å². The van der Waals surface area contributed by atoms with Gasteiger partial charge < -0.3 is 5.32 Å². The van der Waals surface area contributed by atoms with Gasteiger partial charge in [-0.3, -0.25) is 10.1 Å². The minimum Gasteiger partial charge on any atom is -0.357 e. The lowest BCUT2D eigenvalue weighted by Crippen LogP contribution is -2.05. The average Bonchev–Trinajstić information content (AvgIpc) is 2.24. The lowest BCUT2D eigenvalue weighted by Gasteiger charge is -2.08. The van der Waals surface area contributed by atoms with Gasteiger partial charge in [0, 0.05) is 12.8 Å². The van der Waals surface area contributed by atoms with E-state index in [1.165, 1.54) is 11.8 Å². The van der Waals surface area contributed by atoms with Crippen molar-refractivity contribution in [2.45, 2.75) is 25.8 Å². The second-order valence-electron chi connectivity index (χ2n) is 4.00. The normalized spacial score (nSPS) is 10.6. The highest BCUT2D eigenvalue weighted by Gasteiger charge is 2.22. The summed E-state index contributed by atoms with van der Waals surface area (Å²) in [5.41, 5.74) is 0.398. The van der Waals surface area contributed by atoms with E-state index >= 15 is 0 Å². The van der Waals surface area contributed by atoms with E-state index in [1.54, 1.807) is 14.0 Å². The Balaban J connectivity index is 3.13. The van der Waals surface area contributed by atoms with E-state index in [4.69, 9.17) is 0 Å². The Kier molecular flexibility index (Phi) is 4.68. The second kappa shape index (κ2) is 5.81. The molecule has 0 saturated heterocycles. The van der Waals surface area contributed by atoms with Crippen LogP contribution in [0.5, 0.6) is 0 Å². The largest absolute Gasteiger partial charge is 0.357 e. The topological polar surface area (TPSA) is 81.0 Å². The fourth-order valence-corrected chi connectivity index (χ4v) is 2.21. The first kappa shape index (κ1) is 13.7. The molecule has 1 aromatic rings. The summed E-state index contributed by atoms with van der Waals surface area (Å²) in [5, 5.41) is 14.2. The molecule has 0 aliphatic rings. The molecule has 0 aliphatic heterocycles. The minimum atomic E-state index is -0.419. The first-order valence-corrected chi connectivity index (χ1v) is 6.27. The molecule has 1 N–H and O–H groups in total. The molecule has 0 unspecified atom stereocenters. The molecule has 0 fully saturated rings. The van der Waals surface area contributed by atoms with Crippen molar-refractivity contribution in [3.05, 3.63) is 15.8 Å². The Morgan fingerprint density at radius 2 is 2.12 bits per heavy atom. The van der Waals surface area contributed by atoms with Crippen LogP contribution in [0.15, 0.2) is 5.03 Å². The van der Waals surface area contributed by atoms with Crippen LogP contribution in [0.4, 0.5) is 11.6 Å². The predicted molar refractivity (Wildman–Crippen MR) is 68.5 cm³/mol. The number of nitro groups is 1. The van der Waals surface area contributed by atoms with Gasteiger partial charge in [0.25, 0.3) is 0 Å². The molecular weight excluding hydrogens is 240 g/mol. The van der Waals surface area contributed by atoms with Gasteiger partial charge in [0.2, 0.25) is 5.95 Å². The van der Waals surface area contributed by atoms with E-state index in [0.717, 1.165) is 5.75 Å². The fraction of sp³-hybridized carbons (Fsp3) is 0.600. The molecule has 6 nitrogen and oxygen atoms in total. The van der Waals surface area contributed by atoms with Gasteiger partial charge in [-0.15, -0.1) is 0 Å². The number of nitrogens with zero attached hydrogens (tertiary/aromatic N) is 3. The lowest BCUT2D eigenvalue weighted by molar-refractivity contribution is -0.389. The first-order chi connectivity index (χ1) is 7.95. The van der Waals surface area contributed by atoms with E-state index in [1.807, 2.05) is 0 Å². The van der Waals surface area contributed by atoms with Crippen LogP contribution >= 0.6 is 11.8 Å². The summed E-state index contributed by atoms with van der Waals surface area (Å²) in [7, 11) is 1.69. The molecule has 0 aliphatic carbocycles. The minimum absolute atomic E-state index is 0.00894. The highest BCUT2D eigenvalue weighted by molar-refractivity contribution is 7.99. The highest BCUT2D eigenvalue weighted by atomic mass is 32.2.